The third-order valence-corrected chi connectivity index (χ3v) is 3.58. The first-order chi connectivity index (χ1) is 6.72. The molecule has 2 N–H and O–H groups in total. The summed E-state index contributed by atoms with van der Waals surface area (Å²) in [6.07, 6.45) is 0. The maximum absolute atomic E-state index is 3.47. The molecule has 1 atom stereocenters. The van der Waals surface area contributed by atoms with Crippen LogP contribution in [0.2, 0.25) is 0 Å². The fourth-order valence-corrected chi connectivity index (χ4v) is 2.59. The van der Waals surface area contributed by atoms with Crippen molar-refractivity contribution in [3.05, 3.63) is 20.8 Å². The summed E-state index contributed by atoms with van der Waals surface area (Å²) in [5.74, 6) is 0. The van der Waals surface area contributed by atoms with Gasteiger partial charge in [0.15, 0.2) is 0 Å². The molecule has 0 saturated carbocycles. The van der Waals surface area contributed by atoms with Crippen molar-refractivity contribution >= 4 is 27.3 Å². The van der Waals surface area contributed by atoms with Crippen molar-refractivity contribution in [3.63, 3.8) is 0 Å². The van der Waals surface area contributed by atoms with Gasteiger partial charge in [-0.1, -0.05) is 6.92 Å². The molecule has 1 rings (SSSR count). The van der Waals surface area contributed by atoms with Gasteiger partial charge in [0.05, 0.1) is 3.79 Å². The van der Waals surface area contributed by atoms with Gasteiger partial charge < -0.3 is 10.6 Å². The minimum absolute atomic E-state index is 0.524. The van der Waals surface area contributed by atoms with E-state index >= 15 is 0 Å². The predicted octanol–water partition coefficient (Wildman–Crippen LogP) is 2.60. The maximum atomic E-state index is 3.47. The highest BCUT2D eigenvalue weighted by atomic mass is 79.9. The van der Waals surface area contributed by atoms with Crippen LogP contribution in [0.3, 0.4) is 0 Å². The van der Waals surface area contributed by atoms with Crippen LogP contribution in [-0.2, 0) is 6.54 Å². The fourth-order valence-electron chi connectivity index (χ4n) is 1.15. The summed E-state index contributed by atoms with van der Waals surface area (Å²) in [7, 11) is 0. The molecule has 0 amide bonds. The third kappa shape index (κ3) is 4.55. The molecule has 0 aliphatic carbocycles. The van der Waals surface area contributed by atoms with E-state index in [1.165, 1.54) is 8.66 Å². The molecule has 0 aliphatic rings. The maximum Gasteiger partial charge on any atom is 0.0701 e. The van der Waals surface area contributed by atoms with Crippen molar-refractivity contribution in [2.45, 2.75) is 26.4 Å². The molecule has 80 valence electrons. The summed E-state index contributed by atoms with van der Waals surface area (Å²) >= 11 is 5.25. The molecular weight excluding hydrogens is 260 g/mol. The average Bonchev–Trinajstić information content (AvgIpc) is 2.58. The molecule has 0 bridgehead atoms. The lowest BCUT2D eigenvalue weighted by atomic mass is 10.3. The Kier molecular flexibility index (Phi) is 5.70. The second kappa shape index (κ2) is 6.56. The first-order valence-electron chi connectivity index (χ1n) is 4.90. The highest BCUT2D eigenvalue weighted by Gasteiger charge is 2.01. The zero-order valence-electron chi connectivity index (χ0n) is 8.64. The highest BCUT2D eigenvalue weighted by Crippen LogP contribution is 2.21. The van der Waals surface area contributed by atoms with E-state index in [2.05, 4.69) is 52.5 Å². The lowest BCUT2D eigenvalue weighted by molar-refractivity contribution is 0.511. The minimum Gasteiger partial charge on any atom is -0.315 e. The average molecular weight is 277 g/mol. The van der Waals surface area contributed by atoms with Gasteiger partial charge in [-0.05, 0) is 41.5 Å². The Morgan fingerprint density at radius 1 is 1.50 bits per heavy atom. The van der Waals surface area contributed by atoms with Crippen LogP contribution in [0.1, 0.15) is 18.7 Å². The quantitative estimate of drug-likeness (QED) is 0.835. The molecule has 2 nitrogen and oxygen atoms in total. The van der Waals surface area contributed by atoms with Crippen LogP contribution in [0.15, 0.2) is 15.9 Å². The fraction of sp³-hybridized carbons (Fsp3) is 0.600. The van der Waals surface area contributed by atoms with Crippen molar-refractivity contribution < 1.29 is 0 Å². The van der Waals surface area contributed by atoms with E-state index in [9.17, 15) is 0 Å². The molecule has 0 aromatic carbocycles. The van der Waals surface area contributed by atoms with Gasteiger partial charge in [-0.15, -0.1) is 11.3 Å². The van der Waals surface area contributed by atoms with Crippen molar-refractivity contribution in [2.75, 3.05) is 13.1 Å². The first-order valence-corrected chi connectivity index (χ1v) is 6.51. The van der Waals surface area contributed by atoms with Crippen LogP contribution >= 0.6 is 27.3 Å². The Labute approximate surface area is 98.2 Å². The van der Waals surface area contributed by atoms with Crippen molar-refractivity contribution in [2.24, 2.45) is 0 Å². The lowest BCUT2D eigenvalue weighted by Crippen LogP contribution is -2.35. The number of nitrogens with one attached hydrogen (secondary N) is 2. The molecule has 4 heteroatoms. The summed E-state index contributed by atoms with van der Waals surface area (Å²) in [4.78, 5) is 1.38. The molecule has 1 aromatic heterocycles. The summed E-state index contributed by atoms with van der Waals surface area (Å²) in [6, 6.07) is 4.77. The van der Waals surface area contributed by atoms with E-state index in [0.717, 1.165) is 19.6 Å². The van der Waals surface area contributed by atoms with Crippen molar-refractivity contribution in [1.29, 1.82) is 0 Å². The number of thiophene rings is 1. The molecule has 0 radical (unpaired) electrons. The topological polar surface area (TPSA) is 24.1 Å². The number of halogens is 1. The van der Waals surface area contributed by atoms with E-state index in [1.54, 1.807) is 11.3 Å². The van der Waals surface area contributed by atoms with Crippen LogP contribution in [0, 0.1) is 0 Å². The zero-order valence-corrected chi connectivity index (χ0v) is 11.0. The second-order valence-electron chi connectivity index (χ2n) is 3.30. The predicted molar refractivity (Wildman–Crippen MR) is 66.9 cm³/mol. The highest BCUT2D eigenvalue weighted by molar-refractivity contribution is 9.11. The number of rotatable bonds is 6. The zero-order chi connectivity index (χ0) is 10.4. The molecule has 0 saturated heterocycles. The molecule has 14 heavy (non-hydrogen) atoms. The molecule has 0 fully saturated rings. The van der Waals surface area contributed by atoms with Crippen molar-refractivity contribution in [1.82, 2.24) is 10.6 Å². The summed E-state index contributed by atoms with van der Waals surface area (Å²) in [6.45, 7) is 7.36. The Balaban J connectivity index is 2.20. The molecule has 1 unspecified atom stereocenters. The molecule has 1 heterocycles. The van der Waals surface area contributed by atoms with E-state index < -0.39 is 0 Å². The number of hydrogen-bond acceptors (Lipinski definition) is 3. The minimum atomic E-state index is 0.524. The normalized spacial score (nSPS) is 13.1. The number of likely N-dealkylation sites (N-methyl/N-ethyl adjacent to an activating group) is 1. The smallest absolute Gasteiger partial charge is 0.0701 e. The van der Waals surface area contributed by atoms with Gasteiger partial charge in [0.25, 0.3) is 0 Å². The van der Waals surface area contributed by atoms with E-state index in [4.69, 9.17) is 0 Å². The van der Waals surface area contributed by atoms with Crippen LogP contribution in [-0.4, -0.2) is 19.1 Å². The Hall–Kier alpha value is 0.1000. The lowest BCUT2D eigenvalue weighted by Gasteiger charge is -2.12. The van der Waals surface area contributed by atoms with Gasteiger partial charge in [-0.3, -0.25) is 0 Å². The molecule has 0 spiro atoms. The van der Waals surface area contributed by atoms with Crippen LogP contribution in [0.5, 0.6) is 0 Å². The number of hydrogen-bond donors (Lipinski definition) is 2. The second-order valence-corrected chi connectivity index (χ2v) is 5.84. The summed E-state index contributed by atoms with van der Waals surface area (Å²) in [5.41, 5.74) is 0. The SMILES string of the molecule is CCNCC(C)NCc1ccc(Br)s1. The molecule has 0 aliphatic heterocycles. The molecular formula is C10H17BrN2S. The summed E-state index contributed by atoms with van der Waals surface area (Å²) < 4.78 is 1.20. The standard InChI is InChI=1S/C10H17BrN2S/c1-3-12-6-8(2)13-7-9-4-5-10(11)14-9/h4-5,8,12-13H,3,6-7H2,1-2H3. The van der Waals surface area contributed by atoms with Gasteiger partial charge in [0.1, 0.15) is 0 Å². The van der Waals surface area contributed by atoms with Gasteiger partial charge in [0.2, 0.25) is 0 Å². The van der Waals surface area contributed by atoms with Crippen LogP contribution < -0.4 is 10.6 Å². The monoisotopic (exact) mass is 276 g/mol. The van der Waals surface area contributed by atoms with Gasteiger partial charge >= 0.3 is 0 Å². The summed E-state index contributed by atoms with van der Waals surface area (Å²) in [5, 5.41) is 6.80. The van der Waals surface area contributed by atoms with Crippen LogP contribution in [0.25, 0.3) is 0 Å². The van der Waals surface area contributed by atoms with Gasteiger partial charge in [0, 0.05) is 24.0 Å². The Bertz CT molecular complexity index is 262. The van der Waals surface area contributed by atoms with E-state index in [0.29, 0.717) is 6.04 Å². The first kappa shape index (κ1) is 12.2. The van der Waals surface area contributed by atoms with Gasteiger partial charge in [-0.25, -0.2) is 0 Å². The van der Waals surface area contributed by atoms with Crippen LogP contribution in [0.4, 0.5) is 0 Å². The van der Waals surface area contributed by atoms with E-state index in [-0.39, 0.29) is 0 Å². The third-order valence-electron chi connectivity index (χ3n) is 1.95. The molecule has 1 aromatic rings. The van der Waals surface area contributed by atoms with E-state index in [1.807, 2.05) is 0 Å². The van der Waals surface area contributed by atoms with Crippen molar-refractivity contribution in [3.8, 4) is 0 Å². The Morgan fingerprint density at radius 2 is 2.29 bits per heavy atom. The largest absolute Gasteiger partial charge is 0.315 e. The Morgan fingerprint density at radius 3 is 2.86 bits per heavy atom. The van der Waals surface area contributed by atoms with Gasteiger partial charge in [-0.2, -0.15) is 0 Å².